The van der Waals surface area contributed by atoms with Crippen LogP contribution in [0.2, 0.25) is 0 Å². The van der Waals surface area contributed by atoms with Crippen LogP contribution < -0.4 is 0 Å². The number of rotatable bonds is 6. The fourth-order valence-corrected chi connectivity index (χ4v) is 4.71. The molecule has 0 aliphatic carbocycles. The first-order valence-electron chi connectivity index (χ1n) is 9.54. The van der Waals surface area contributed by atoms with Gasteiger partial charge in [-0.15, -0.1) is 0 Å². The second-order valence-electron chi connectivity index (χ2n) is 6.84. The number of hydrogen-bond donors (Lipinski definition) is 1. The maximum Gasteiger partial charge on any atom is 0.193 e. The zero-order valence-corrected chi connectivity index (χ0v) is 18.0. The van der Waals surface area contributed by atoms with Crippen LogP contribution in [0.5, 0.6) is 5.75 Å². The van der Waals surface area contributed by atoms with Crippen LogP contribution in [0.4, 0.5) is 0 Å². The quantitative estimate of drug-likeness (QED) is 0.329. The van der Waals surface area contributed by atoms with Crippen molar-refractivity contribution in [2.45, 2.75) is 26.5 Å². The molecule has 0 saturated carbocycles. The van der Waals surface area contributed by atoms with Crippen LogP contribution in [0.25, 0.3) is 0 Å². The number of phenolic OH excluding ortho intramolecular Hbond substituents is 1. The third-order valence-electron chi connectivity index (χ3n) is 4.60. The smallest absolute Gasteiger partial charge is 0.193 e. The summed E-state index contributed by atoms with van der Waals surface area (Å²) in [4.78, 5) is 17.2. The van der Waals surface area contributed by atoms with Crippen molar-refractivity contribution in [3.8, 4) is 5.75 Å². The molecule has 0 saturated heterocycles. The molecule has 0 heterocycles. The van der Waals surface area contributed by atoms with E-state index >= 15 is 0 Å². The van der Waals surface area contributed by atoms with Gasteiger partial charge in [-0.1, -0.05) is 53.9 Å². The van der Waals surface area contributed by atoms with Gasteiger partial charge in [-0.3, -0.25) is 4.79 Å². The molecule has 0 spiro atoms. The summed E-state index contributed by atoms with van der Waals surface area (Å²) in [6, 6.07) is 30.9. The molecule has 4 aromatic rings. The van der Waals surface area contributed by atoms with Crippen LogP contribution in [0.1, 0.15) is 21.5 Å². The highest BCUT2D eigenvalue weighted by molar-refractivity contribution is 7.99. The average molecular weight is 429 g/mol. The third-order valence-corrected chi connectivity index (χ3v) is 6.80. The fourth-order valence-electron chi connectivity index (χ4n) is 3.01. The van der Waals surface area contributed by atoms with Gasteiger partial charge < -0.3 is 5.11 Å². The lowest BCUT2D eigenvalue weighted by Gasteiger charge is -2.09. The van der Waals surface area contributed by atoms with Crippen LogP contribution >= 0.6 is 23.5 Å². The van der Waals surface area contributed by atoms with E-state index in [1.807, 2.05) is 67.6 Å². The maximum absolute atomic E-state index is 12.7. The maximum atomic E-state index is 12.7. The molecule has 0 aromatic heterocycles. The number of carbonyl (C=O) groups is 1. The summed E-state index contributed by atoms with van der Waals surface area (Å²) < 4.78 is 0. The molecule has 4 heteroatoms. The summed E-state index contributed by atoms with van der Waals surface area (Å²) in [7, 11) is 0. The Morgan fingerprint density at radius 1 is 0.667 bits per heavy atom. The summed E-state index contributed by atoms with van der Waals surface area (Å²) in [5.41, 5.74) is 2.51. The molecule has 0 radical (unpaired) electrons. The lowest BCUT2D eigenvalue weighted by molar-refractivity contribution is 0.103. The highest BCUT2D eigenvalue weighted by Crippen LogP contribution is 2.34. The van der Waals surface area contributed by atoms with Crippen LogP contribution in [-0.4, -0.2) is 10.9 Å². The predicted octanol–water partition coefficient (Wildman–Crippen LogP) is 7.23. The van der Waals surface area contributed by atoms with E-state index in [-0.39, 0.29) is 11.5 Å². The first-order valence-corrected chi connectivity index (χ1v) is 11.2. The molecule has 1 N–H and O–H groups in total. The highest BCUT2D eigenvalue weighted by atomic mass is 32.2. The largest absolute Gasteiger partial charge is 0.508 e. The average Bonchev–Trinajstić information content (AvgIpc) is 2.78. The summed E-state index contributed by atoms with van der Waals surface area (Å²) >= 11 is 3.35. The van der Waals surface area contributed by atoms with E-state index in [1.54, 1.807) is 35.7 Å². The Morgan fingerprint density at radius 2 is 1.23 bits per heavy atom. The molecule has 0 atom stereocenters. The second kappa shape index (κ2) is 9.24. The van der Waals surface area contributed by atoms with Gasteiger partial charge in [0.1, 0.15) is 5.75 Å². The van der Waals surface area contributed by atoms with Crippen molar-refractivity contribution in [1.82, 2.24) is 0 Å². The van der Waals surface area contributed by atoms with E-state index in [4.69, 9.17) is 0 Å². The Morgan fingerprint density at radius 3 is 1.83 bits per heavy atom. The monoisotopic (exact) mass is 428 g/mol. The highest BCUT2D eigenvalue weighted by Gasteiger charge is 2.11. The third kappa shape index (κ3) is 4.96. The zero-order chi connectivity index (χ0) is 20.9. The SMILES string of the molecule is Cc1cc(C(=O)c2ccccc2)ccc1Sc1ccc(Sc2ccc(O)cc2)cc1. The van der Waals surface area contributed by atoms with Crippen LogP contribution in [0, 0.1) is 6.92 Å². The molecular formula is C26H20O2S2. The standard InChI is InChI=1S/C26H20O2S2/c1-18-17-20(26(28)19-5-3-2-4-6-19)7-16-25(18)30-24-14-12-23(13-15-24)29-22-10-8-21(27)9-11-22/h2-17,27H,1H3. The Kier molecular flexibility index (Phi) is 6.26. The molecule has 0 fully saturated rings. The van der Waals surface area contributed by atoms with Gasteiger partial charge in [0.05, 0.1) is 0 Å². The van der Waals surface area contributed by atoms with Crippen LogP contribution in [0.15, 0.2) is 117 Å². The van der Waals surface area contributed by atoms with Gasteiger partial charge in [0, 0.05) is 30.7 Å². The number of benzene rings is 4. The first kappa shape index (κ1) is 20.3. The number of phenols is 1. The minimum absolute atomic E-state index is 0.0471. The van der Waals surface area contributed by atoms with Gasteiger partial charge in [-0.25, -0.2) is 0 Å². The van der Waals surface area contributed by atoms with E-state index in [0.29, 0.717) is 11.1 Å². The van der Waals surface area contributed by atoms with Crippen molar-refractivity contribution >= 4 is 29.3 Å². The Hall–Kier alpha value is -2.95. The molecule has 0 unspecified atom stereocenters. The molecule has 4 rings (SSSR count). The number of aromatic hydroxyl groups is 1. The van der Waals surface area contributed by atoms with E-state index < -0.39 is 0 Å². The van der Waals surface area contributed by atoms with Gasteiger partial charge >= 0.3 is 0 Å². The van der Waals surface area contributed by atoms with Crippen molar-refractivity contribution in [3.05, 3.63) is 114 Å². The van der Waals surface area contributed by atoms with Gasteiger partial charge in [0.2, 0.25) is 0 Å². The minimum Gasteiger partial charge on any atom is -0.508 e. The van der Waals surface area contributed by atoms with Crippen molar-refractivity contribution in [1.29, 1.82) is 0 Å². The normalized spacial score (nSPS) is 10.7. The molecular weight excluding hydrogens is 408 g/mol. The summed E-state index contributed by atoms with van der Waals surface area (Å²) in [5.74, 6) is 0.323. The molecule has 0 amide bonds. The van der Waals surface area contributed by atoms with Gasteiger partial charge in [0.25, 0.3) is 0 Å². The van der Waals surface area contributed by atoms with Crippen molar-refractivity contribution < 1.29 is 9.90 Å². The summed E-state index contributed by atoms with van der Waals surface area (Å²) in [5, 5.41) is 9.40. The summed E-state index contributed by atoms with van der Waals surface area (Å²) in [6.07, 6.45) is 0. The van der Waals surface area contributed by atoms with E-state index in [9.17, 15) is 9.90 Å². The van der Waals surface area contributed by atoms with Crippen molar-refractivity contribution in [3.63, 3.8) is 0 Å². The van der Waals surface area contributed by atoms with Gasteiger partial charge in [0.15, 0.2) is 5.78 Å². The molecule has 0 aliphatic heterocycles. The van der Waals surface area contributed by atoms with Crippen molar-refractivity contribution in [2.75, 3.05) is 0 Å². The van der Waals surface area contributed by atoms with Gasteiger partial charge in [-0.05, 0) is 79.2 Å². The van der Waals surface area contributed by atoms with Crippen LogP contribution in [0.3, 0.4) is 0 Å². The number of carbonyl (C=O) groups excluding carboxylic acids is 1. The first-order chi connectivity index (χ1) is 14.6. The minimum atomic E-state index is 0.0471. The number of hydrogen-bond acceptors (Lipinski definition) is 4. The molecule has 30 heavy (non-hydrogen) atoms. The van der Waals surface area contributed by atoms with Gasteiger partial charge in [-0.2, -0.15) is 0 Å². The Balaban J connectivity index is 1.45. The second-order valence-corrected chi connectivity index (χ2v) is 9.11. The lowest BCUT2D eigenvalue weighted by Crippen LogP contribution is -2.01. The zero-order valence-electron chi connectivity index (χ0n) is 16.4. The molecule has 0 bridgehead atoms. The topological polar surface area (TPSA) is 37.3 Å². The van der Waals surface area contributed by atoms with E-state index in [1.165, 1.54) is 0 Å². The van der Waals surface area contributed by atoms with Crippen molar-refractivity contribution in [2.24, 2.45) is 0 Å². The molecule has 0 aliphatic rings. The van der Waals surface area contributed by atoms with Crippen LogP contribution in [-0.2, 0) is 0 Å². The fraction of sp³-hybridized carbons (Fsp3) is 0.0385. The lowest BCUT2D eigenvalue weighted by atomic mass is 10.0. The predicted molar refractivity (Wildman–Crippen MR) is 124 cm³/mol. The number of ketones is 1. The Labute approximate surface area is 185 Å². The Bertz CT molecular complexity index is 1150. The summed E-state index contributed by atoms with van der Waals surface area (Å²) in [6.45, 7) is 2.04. The van der Waals surface area contributed by atoms with E-state index in [0.717, 1.165) is 25.1 Å². The molecule has 148 valence electrons. The molecule has 2 nitrogen and oxygen atoms in total. The molecule has 4 aromatic carbocycles. The number of aryl methyl sites for hydroxylation is 1. The van der Waals surface area contributed by atoms with E-state index in [2.05, 4.69) is 24.3 Å².